The topological polar surface area (TPSA) is 101 Å². The summed E-state index contributed by atoms with van der Waals surface area (Å²) in [6.07, 6.45) is 5.73. The largest absolute Gasteiger partial charge is 0.363 e. The minimum Gasteiger partial charge on any atom is -0.363 e. The quantitative estimate of drug-likeness (QED) is 0.307. The van der Waals surface area contributed by atoms with Gasteiger partial charge in [-0.05, 0) is 42.0 Å². The van der Waals surface area contributed by atoms with Crippen molar-refractivity contribution < 1.29 is 9.32 Å². The van der Waals surface area contributed by atoms with Gasteiger partial charge >= 0.3 is 6.03 Å². The van der Waals surface area contributed by atoms with Crippen molar-refractivity contribution in [1.29, 1.82) is 0 Å². The van der Waals surface area contributed by atoms with Crippen molar-refractivity contribution in [2.45, 2.75) is 26.2 Å². The van der Waals surface area contributed by atoms with Gasteiger partial charge in [0.2, 0.25) is 0 Å². The summed E-state index contributed by atoms with van der Waals surface area (Å²) in [7, 11) is 3.94. The van der Waals surface area contributed by atoms with Gasteiger partial charge in [0.15, 0.2) is 5.82 Å². The Morgan fingerprint density at radius 2 is 1.65 bits per heavy atom. The molecule has 4 aromatic heterocycles. The van der Waals surface area contributed by atoms with Crippen molar-refractivity contribution >= 4 is 29.0 Å². The molecule has 0 spiro atoms. The summed E-state index contributed by atoms with van der Waals surface area (Å²) in [5.41, 5.74) is 5.33. The van der Waals surface area contributed by atoms with Crippen LogP contribution in [0.1, 0.15) is 26.5 Å². The Balaban J connectivity index is 1.28. The summed E-state index contributed by atoms with van der Waals surface area (Å²) in [5, 5.41) is 9.44. The molecule has 5 aromatic rings. The van der Waals surface area contributed by atoms with Gasteiger partial charge in [-0.25, -0.2) is 14.8 Å². The zero-order chi connectivity index (χ0) is 26.2. The summed E-state index contributed by atoms with van der Waals surface area (Å²) in [6.45, 7) is 6.05. The molecule has 0 aliphatic heterocycles. The Hall–Kier alpha value is -4.66. The first-order valence-electron chi connectivity index (χ1n) is 11.9. The number of anilines is 3. The average molecular weight is 496 g/mol. The predicted octanol–water partition coefficient (Wildman–Crippen LogP) is 6.06. The second kappa shape index (κ2) is 9.42. The number of rotatable bonds is 5. The number of amides is 2. The average Bonchev–Trinajstić information content (AvgIpc) is 3.51. The summed E-state index contributed by atoms with van der Waals surface area (Å²) in [5.74, 6) is 1.98. The number of nitrogens with zero attached hydrogens (tertiary/aromatic N) is 5. The van der Waals surface area contributed by atoms with Crippen molar-refractivity contribution in [1.82, 2.24) is 19.5 Å². The molecule has 0 bridgehead atoms. The molecule has 0 saturated heterocycles. The maximum absolute atomic E-state index is 12.4. The number of fused-ring (bicyclic) bond motifs is 1. The van der Waals surface area contributed by atoms with Gasteiger partial charge < -0.3 is 14.7 Å². The molecule has 9 heteroatoms. The molecule has 188 valence electrons. The zero-order valence-electron chi connectivity index (χ0n) is 21.5. The van der Waals surface area contributed by atoms with E-state index in [1.54, 1.807) is 6.07 Å². The SMILES string of the molecule is CN(C)c1ccc(-c2ccn3c(-c4ccc(NC(=O)Nc5cc(C(C)(C)C)on5)cc4)cnc3c2)cn1. The van der Waals surface area contributed by atoms with Crippen LogP contribution in [0, 0.1) is 0 Å². The molecular weight excluding hydrogens is 466 g/mol. The summed E-state index contributed by atoms with van der Waals surface area (Å²) in [6, 6.07) is 17.1. The van der Waals surface area contributed by atoms with E-state index in [4.69, 9.17) is 4.52 Å². The van der Waals surface area contributed by atoms with E-state index in [0.717, 1.165) is 33.8 Å². The molecular formula is C28H29N7O2. The highest BCUT2D eigenvalue weighted by Crippen LogP contribution is 2.27. The normalized spacial score (nSPS) is 11.5. The van der Waals surface area contributed by atoms with E-state index < -0.39 is 6.03 Å². The maximum atomic E-state index is 12.4. The number of nitrogens with one attached hydrogen (secondary N) is 2. The third-order valence-electron chi connectivity index (χ3n) is 5.98. The molecule has 0 saturated carbocycles. The van der Waals surface area contributed by atoms with Crippen LogP contribution in [-0.2, 0) is 5.41 Å². The number of hydrogen-bond acceptors (Lipinski definition) is 6. The summed E-state index contributed by atoms with van der Waals surface area (Å²) < 4.78 is 7.35. The summed E-state index contributed by atoms with van der Waals surface area (Å²) in [4.78, 5) is 23.5. The Kier molecular flexibility index (Phi) is 6.12. The number of imidazole rings is 1. The van der Waals surface area contributed by atoms with Gasteiger partial charge in [-0.2, -0.15) is 0 Å². The molecule has 0 fully saturated rings. The van der Waals surface area contributed by atoms with E-state index >= 15 is 0 Å². The van der Waals surface area contributed by atoms with Crippen molar-refractivity contribution in [2.24, 2.45) is 0 Å². The lowest BCUT2D eigenvalue weighted by Gasteiger charge is -2.12. The third-order valence-corrected chi connectivity index (χ3v) is 5.98. The van der Waals surface area contributed by atoms with Crippen LogP contribution < -0.4 is 15.5 Å². The second-order valence-electron chi connectivity index (χ2n) is 10.1. The van der Waals surface area contributed by atoms with E-state index in [9.17, 15) is 4.79 Å². The fourth-order valence-corrected chi connectivity index (χ4v) is 3.89. The first-order chi connectivity index (χ1) is 17.7. The monoisotopic (exact) mass is 495 g/mol. The van der Waals surface area contributed by atoms with Crippen LogP contribution in [0.4, 0.5) is 22.1 Å². The van der Waals surface area contributed by atoms with Crippen LogP contribution in [0.15, 0.2) is 77.7 Å². The Morgan fingerprint density at radius 3 is 2.30 bits per heavy atom. The number of hydrogen-bond donors (Lipinski definition) is 2. The molecule has 1 aromatic carbocycles. The van der Waals surface area contributed by atoms with Gasteiger partial charge in [0.25, 0.3) is 0 Å². The lowest BCUT2D eigenvalue weighted by atomic mass is 9.93. The number of pyridine rings is 2. The van der Waals surface area contributed by atoms with Gasteiger partial charge in [0.05, 0.1) is 11.9 Å². The van der Waals surface area contributed by atoms with Crippen LogP contribution >= 0.6 is 0 Å². The molecule has 0 atom stereocenters. The van der Waals surface area contributed by atoms with E-state index in [-0.39, 0.29) is 5.41 Å². The first-order valence-corrected chi connectivity index (χ1v) is 11.9. The summed E-state index contributed by atoms with van der Waals surface area (Å²) >= 11 is 0. The number of aromatic nitrogens is 4. The van der Waals surface area contributed by atoms with Gasteiger partial charge in [-0.3, -0.25) is 9.72 Å². The van der Waals surface area contributed by atoms with E-state index in [1.165, 1.54) is 0 Å². The number of benzene rings is 1. The van der Waals surface area contributed by atoms with Crippen LogP contribution in [0.3, 0.4) is 0 Å². The standard InChI is InChI=1S/C28H29N7O2/c1-28(2,3)23-15-24(33-37-23)32-27(36)31-21-9-6-18(7-10-21)22-17-30-26-14-19(12-13-35(22)26)20-8-11-25(29-16-20)34(4)5/h6-17H,1-5H3,(H2,31,32,33,36). The Morgan fingerprint density at radius 1 is 0.892 bits per heavy atom. The van der Waals surface area contributed by atoms with Crippen molar-refractivity contribution in [3.05, 3.63) is 78.9 Å². The molecule has 37 heavy (non-hydrogen) atoms. The zero-order valence-corrected chi connectivity index (χ0v) is 21.5. The first kappa shape index (κ1) is 24.1. The predicted molar refractivity (Wildman–Crippen MR) is 146 cm³/mol. The van der Waals surface area contributed by atoms with Crippen LogP contribution in [0.2, 0.25) is 0 Å². The molecule has 2 N–H and O–H groups in total. The van der Waals surface area contributed by atoms with Crippen molar-refractivity contribution in [2.75, 3.05) is 29.6 Å². The van der Waals surface area contributed by atoms with E-state index in [1.807, 2.05) is 99.2 Å². The highest BCUT2D eigenvalue weighted by atomic mass is 16.5. The molecule has 0 aliphatic rings. The highest BCUT2D eigenvalue weighted by molar-refractivity contribution is 5.99. The van der Waals surface area contributed by atoms with Crippen molar-refractivity contribution in [3.8, 4) is 22.4 Å². The third kappa shape index (κ3) is 5.16. The molecule has 0 aliphatic carbocycles. The fraction of sp³-hybridized carbons (Fsp3) is 0.214. The van der Waals surface area contributed by atoms with Gasteiger partial charge in [-0.15, -0.1) is 0 Å². The minimum absolute atomic E-state index is 0.187. The molecule has 0 radical (unpaired) electrons. The maximum Gasteiger partial charge on any atom is 0.324 e. The smallest absolute Gasteiger partial charge is 0.324 e. The van der Waals surface area contributed by atoms with Gasteiger partial charge in [0, 0.05) is 54.8 Å². The number of carbonyl (C=O) groups is 1. The highest BCUT2D eigenvalue weighted by Gasteiger charge is 2.20. The van der Waals surface area contributed by atoms with Gasteiger partial charge in [0.1, 0.15) is 17.2 Å². The molecule has 2 amide bonds. The van der Waals surface area contributed by atoms with Gasteiger partial charge in [-0.1, -0.05) is 38.1 Å². The fourth-order valence-electron chi connectivity index (χ4n) is 3.89. The molecule has 5 rings (SSSR count). The van der Waals surface area contributed by atoms with E-state index in [0.29, 0.717) is 17.3 Å². The lowest BCUT2D eigenvalue weighted by Crippen LogP contribution is -2.19. The Labute approximate surface area is 215 Å². The Bertz CT molecular complexity index is 1540. The molecule has 9 nitrogen and oxygen atoms in total. The molecule has 0 unspecified atom stereocenters. The minimum atomic E-state index is -0.392. The van der Waals surface area contributed by atoms with Crippen LogP contribution in [-0.4, -0.2) is 39.7 Å². The number of urea groups is 1. The lowest BCUT2D eigenvalue weighted by molar-refractivity contribution is 0.262. The van der Waals surface area contributed by atoms with Crippen molar-refractivity contribution in [3.63, 3.8) is 0 Å². The van der Waals surface area contributed by atoms with Crippen LogP contribution in [0.5, 0.6) is 0 Å². The van der Waals surface area contributed by atoms with E-state index in [2.05, 4.69) is 37.9 Å². The second-order valence-corrected chi connectivity index (χ2v) is 10.1. The van der Waals surface area contributed by atoms with Crippen LogP contribution in [0.25, 0.3) is 28.0 Å². The molecule has 4 heterocycles. The number of carbonyl (C=O) groups excluding carboxylic acids is 1.